The van der Waals surface area contributed by atoms with Crippen molar-refractivity contribution in [2.45, 2.75) is 44.1 Å². The summed E-state index contributed by atoms with van der Waals surface area (Å²) >= 11 is 5.90. The van der Waals surface area contributed by atoms with Gasteiger partial charge in [-0.3, -0.25) is 9.59 Å². The molecular formula is C29H30ClF4N3O4. The Hall–Kier alpha value is -3.34. The quantitative estimate of drug-likeness (QED) is 0.424. The first-order valence-electron chi connectivity index (χ1n) is 13.6. The summed E-state index contributed by atoms with van der Waals surface area (Å²) in [6.45, 7) is 2.79. The summed E-state index contributed by atoms with van der Waals surface area (Å²) < 4.78 is 60.0. The summed E-state index contributed by atoms with van der Waals surface area (Å²) in [5, 5.41) is -0.0513. The van der Waals surface area contributed by atoms with E-state index in [-0.39, 0.29) is 49.4 Å². The van der Waals surface area contributed by atoms with E-state index in [1.54, 1.807) is 17.9 Å². The highest BCUT2D eigenvalue weighted by molar-refractivity contribution is 6.30. The van der Waals surface area contributed by atoms with Gasteiger partial charge in [-0.2, -0.15) is 0 Å². The van der Waals surface area contributed by atoms with Crippen molar-refractivity contribution >= 4 is 29.5 Å². The van der Waals surface area contributed by atoms with E-state index in [1.807, 2.05) is 0 Å². The number of hydrogen-bond acceptors (Lipinski definition) is 4. The molecule has 3 fully saturated rings. The largest absolute Gasteiger partial charge is 0.415 e. The lowest BCUT2D eigenvalue weighted by molar-refractivity contribution is -0.141. The van der Waals surface area contributed by atoms with E-state index in [0.717, 1.165) is 0 Å². The molecule has 3 amide bonds. The number of piperidine rings is 1. The Bertz CT molecular complexity index is 1320. The van der Waals surface area contributed by atoms with E-state index in [2.05, 4.69) is 0 Å². The molecule has 1 aliphatic carbocycles. The van der Waals surface area contributed by atoms with E-state index in [9.17, 15) is 31.9 Å². The Morgan fingerprint density at radius 1 is 1.00 bits per heavy atom. The zero-order valence-electron chi connectivity index (χ0n) is 22.4. The number of benzene rings is 2. The summed E-state index contributed by atoms with van der Waals surface area (Å²) in [6, 6.07) is 8.83. The Kier molecular flexibility index (Phi) is 8.18. The molecule has 3 unspecified atom stereocenters. The minimum atomic E-state index is -2.94. The molecule has 220 valence electrons. The van der Waals surface area contributed by atoms with Crippen LogP contribution in [0.15, 0.2) is 42.5 Å². The fraction of sp³-hybridized carbons (Fsp3) is 0.483. The second-order valence-corrected chi connectivity index (χ2v) is 11.2. The van der Waals surface area contributed by atoms with Gasteiger partial charge in [0.1, 0.15) is 23.3 Å². The number of likely N-dealkylation sites (tertiary alicyclic amines) is 2. The fourth-order valence-electron chi connectivity index (χ4n) is 5.82. The van der Waals surface area contributed by atoms with Crippen LogP contribution in [0, 0.1) is 23.5 Å². The van der Waals surface area contributed by atoms with Gasteiger partial charge in [-0.25, -0.2) is 22.4 Å². The maximum atomic E-state index is 14.5. The van der Waals surface area contributed by atoms with Gasteiger partial charge in [-0.1, -0.05) is 17.7 Å². The van der Waals surface area contributed by atoms with Crippen LogP contribution in [0.4, 0.5) is 22.4 Å². The molecule has 5 rings (SSSR count). The zero-order chi connectivity index (χ0) is 29.5. The number of likely N-dealkylation sites (N-methyl/N-ethyl adjacent to an activating group) is 1. The average molecular weight is 596 g/mol. The number of carbonyl (C=O) groups is 3. The van der Waals surface area contributed by atoms with Crippen LogP contribution in [0.25, 0.3) is 0 Å². The van der Waals surface area contributed by atoms with Gasteiger partial charge in [-0.15, -0.1) is 0 Å². The molecule has 2 aromatic carbocycles. The molecule has 2 heterocycles. The average Bonchev–Trinajstić information content (AvgIpc) is 3.38. The Labute approximate surface area is 240 Å². The van der Waals surface area contributed by atoms with Gasteiger partial charge in [0.25, 0.3) is 5.92 Å². The van der Waals surface area contributed by atoms with Crippen molar-refractivity contribution in [1.82, 2.24) is 14.7 Å². The van der Waals surface area contributed by atoms with Gasteiger partial charge >= 0.3 is 6.09 Å². The van der Waals surface area contributed by atoms with Crippen molar-refractivity contribution in [1.29, 1.82) is 0 Å². The molecular weight excluding hydrogens is 566 g/mol. The topological polar surface area (TPSA) is 70.2 Å². The lowest BCUT2D eigenvalue weighted by Gasteiger charge is -2.33. The Balaban J connectivity index is 1.31. The summed E-state index contributed by atoms with van der Waals surface area (Å²) in [5.74, 6) is -6.75. The number of hydrogen-bond donors (Lipinski definition) is 0. The lowest BCUT2D eigenvalue weighted by Crippen LogP contribution is -2.47. The molecule has 0 aromatic heterocycles. The summed E-state index contributed by atoms with van der Waals surface area (Å²) in [4.78, 5) is 43.7. The predicted molar refractivity (Wildman–Crippen MR) is 142 cm³/mol. The number of carbonyl (C=O) groups excluding carboxylic acids is 3. The van der Waals surface area contributed by atoms with E-state index < -0.39 is 59.8 Å². The van der Waals surface area contributed by atoms with Crippen molar-refractivity contribution in [2.75, 3.05) is 32.7 Å². The first-order chi connectivity index (χ1) is 19.5. The molecule has 3 aliphatic rings. The second kappa shape index (κ2) is 11.5. The van der Waals surface area contributed by atoms with Crippen LogP contribution >= 0.6 is 11.6 Å². The van der Waals surface area contributed by atoms with E-state index in [0.29, 0.717) is 18.4 Å². The molecule has 0 radical (unpaired) electrons. The van der Waals surface area contributed by atoms with Crippen LogP contribution in [-0.2, 0) is 9.59 Å². The molecule has 2 aliphatic heterocycles. The van der Waals surface area contributed by atoms with Gasteiger partial charge in [0.15, 0.2) is 0 Å². The molecule has 41 heavy (non-hydrogen) atoms. The van der Waals surface area contributed by atoms with Crippen LogP contribution in [-0.4, -0.2) is 77.3 Å². The monoisotopic (exact) mass is 595 g/mol. The minimum Gasteiger partial charge on any atom is -0.410 e. The van der Waals surface area contributed by atoms with Gasteiger partial charge < -0.3 is 19.4 Å². The highest BCUT2D eigenvalue weighted by Crippen LogP contribution is 2.49. The first-order valence-corrected chi connectivity index (χ1v) is 14.0. The fourth-order valence-corrected chi connectivity index (χ4v) is 5.94. The number of rotatable bonds is 6. The van der Waals surface area contributed by atoms with E-state index in [4.69, 9.17) is 16.3 Å². The minimum absolute atomic E-state index is 0.0513. The first kappa shape index (κ1) is 29.2. The number of ether oxygens (including phenoxy) is 1. The van der Waals surface area contributed by atoms with Crippen molar-refractivity contribution in [2.24, 2.45) is 11.8 Å². The third-order valence-electron chi connectivity index (χ3n) is 8.25. The smallest absolute Gasteiger partial charge is 0.410 e. The number of amides is 3. The molecule has 3 atom stereocenters. The maximum absolute atomic E-state index is 14.5. The van der Waals surface area contributed by atoms with Crippen LogP contribution in [0.5, 0.6) is 5.75 Å². The summed E-state index contributed by atoms with van der Waals surface area (Å²) in [5.41, 5.74) is 0.561. The van der Waals surface area contributed by atoms with Crippen LogP contribution in [0.1, 0.15) is 37.7 Å². The predicted octanol–water partition coefficient (Wildman–Crippen LogP) is 5.33. The third kappa shape index (κ3) is 6.14. The van der Waals surface area contributed by atoms with Crippen LogP contribution < -0.4 is 4.74 Å². The summed E-state index contributed by atoms with van der Waals surface area (Å²) in [6.07, 6.45) is -0.436. The molecule has 0 N–H and O–H groups in total. The van der Waals surface area contributed by atoms with Crippen molar-refractivity contribution in [3.63, 3.8) is 0 Å². The third-order valence-corrected chi connectivity index (χ3v) is 8.55. The van der Waals surface area contributed by atoms with E-state index >= 15 is 0 Å². The van der Waals surface area contributed by atoms with E-state index in [1.165, 1.54) is 46.2 Å². The van der Waals surface area contributed by atoms with Crippen LogP contribution in [0.2, 0.25) is 5.02 Å². The number of halogens is 5. The molecule has 12 heteroatoms. The highest BCUT2D eigenvalue weighted by Gasteiger charge is 2.62. The summed E-state index contributed by atoms with van der Waals surface area (Å²) in [7, 11) is 0. The van der Waals surface area contributed by atoms with Gasteiger partial charge in [-0.05, 0) is 61.7 Å². The van der Waals surface area contributed by atoms with Crippen molar-refractivity contribution in [3.8, 4) is 5.75 Å². The lowest BCUT2D eigenvalue weighted by atomic mass is 9.93. The van der Waals surface area contributed by atoms with Gasteiger partial charge in [0.2, 0.25) is 11.8 Å². The zero-order valence-corrected chi connectivity index (χ0v) is 23.1. The van der Waals surface area contributed by atoms with Crippen molar-refractivity contribution < 1.29 is 36.7 Å². The highest BCUT2D eigenvalue weighted by atomic mass is 35.5. The van der Waals surface area contributed by atoms with Gasteiger partial charge in [0, 0.05) is 51.0 Å². The van der Waals surface area contributed by atoms with Gasteiger partial charge in [0.05, 0.1) is 11.1 Å². The molecule has 1 saturated carbocycles. The van der Waals surface area contributed by atoms with Crippen LogP contribution in [0.3, 0.4) is 0 Å². The Morgan fingerprint density at radius 3 is 2.24 bits per heavy atom. The normalized spacial score (nSPS) is 23.8. The SMILES string of the molecule is CCN(C(=O)Oc1ccc(F)cc1)C1CN(C(=O)C2CCN(C(=O)C3CC3(F)F)CC2)CC1c1ccc(Cl)c(F)c1. The molecule has 0 spiro atoms. The standard InChI is InChI=1S/C29H30ClF4N3O4/c1-2-37(28(40)41-20-6-4-19(31)5-7-20)25-16-36(15-21(25)18-3-8-23(30)24(32)13-18)26(38)17-9-11-35(12-10-17)27(39)22-14-29(22,33)34/h3-8,13,17,21-22,25H,2,9-12,14-16H2,1H3. The molecule has 7 nitrogen and oxygen atoms in total. The molecule has 2 saturated heterocycles. The second-order valence-electron chi connectivity index (χ2n) is 10.8. The Morgan fingerprint density at radius 2 is 1.66 bits per heavy atom. The molecule has 0 bridgehead atoms. The van der Waals surface area contributed by atoms with Crippen molar-refractivity contribution in [3.05, 3.63) is 64.7 Å². The molecule has 2 aromatic rings. The number of alkyl halides is 2. The maximum Gasteiger partial charge on any atom is 0.415 e. The number of nitrogens with zero attached hydrogens (tertiary/aromatic N) is 3.